The second-order valence-electron chi connectivity index (χ2n) is 8.99. The van der Waals surface area contributed by atoms with Crippen molar-refractivity contribution in [1.29, 1.82) is 0 Å². The van der Waals surface area contributed by atoms with Crippen LogP contribution in [0.3, 0.4) is 0 Å². The largest absolute Gasteiger partial charge is 0.478 e. The molecule has 1 fully saturated rings. The quantitative estimate of drug-likeness (QED) is 0.417. The number of carboxylic acid groups (broad SMARTS) is 1. The van der Waals surface area contributed by atoms with Crippen molar-refractivity contribution in [2.45, 2.75) is 45.6 Å². The first-order valence-corrected chi connectivity index (χ1v) is 12.5. The average molecular weight is 504 g/mol. The fourth-order valence-corrected chi connectivity index (χ4v) is 5.19. The van der Waals surface area contributed by atoms with Crippen molar-refractivity contribution in [3.63, 3.8) is 0 Å². The predicted molar refractivity (Wildman–Crippen MR) is 134 cm³/mol. The van der Waals surface area contributed by atoms with Crippen molar-refractivity contribution < 1.29 is 33.7 Å². The highest BCUT2D eigenvalue weighted by Crippen LogP contribution is 2.36. The third kappa shape index (κ3) is 6.68. The van der Waals surface area contributed by atoms with Crippen LogP contribution in [0.1, 0.15) is 59.6 Å². The Balaban J connectivity index is 1.98. The van der Waals surface area contributed by atoms with Crippen LogP contribution in [0.25, 0.3) is 0 Å². The van der Waals surface area contributed by atoms with E-state index in [0.717, 1.165) is 25.7 Å². The highest BCUT2D eigenvalue weighted by atomic mass is 32.1. The Labute approximate surface area is 209 Å². The molecular formula is C26H33NO7S. The van der Waals surface area contributed by atoms with Gasteiger partial charge in [-0.25, -0.2) is 4.79 Å². The molecule has 0 radical (unpaired) electrons. The van der Waals surface area contributed by atoms with Gasteiger partial charge in [-0.05, 0) is 68.9 Å². The molecule has 0 bridgehead atoms. The zero-order valence-corrected chi connectivity index (χ0v) is 21.4. The van der Waals surface area contributed by atoms with Crippen LogP contribution in [0, 0.1) is 11.8 Å². The molecule has 9 heteroatoms. The number of carboxylic acids is 1. The van der Waals surface area contributed by atoms with E-state index in [2.05, 4.69) is 6.92 Å². The SMILES string of the molecule is COCC(COC)N(c1ccc(Oc2ccc(C(C)=O)s2)cc1C(=O)O)C(=O)[C@H]1CC[C@H](C)CC1. The van der Waals surface area contributed by atoms with Gasteiger partial charge in [-0.2, -0.15) is 0 Å². The minimum Gasteiger partial charge on any atom is -0.478 e. The number of thiophene rings is 1. The van der Waals surface area contributed by atoms with Crippen LogP contribution < -0.4 is 9.64 Å². The van der Waals surface area contributed by atoms with Crippen LogP contribution in [0.5, 0.6) is 10.8 Å². The fourth-order valence-electron chi connectivity index (χ4n) is 4.42. The van der Waals surface area contributed by atoms with Crippen molar-refractivity contribution in [2.75, 3.05) is 32.3 Å². The lowest BCUT2D eigenvalue weighted by Gasteiger charge is -2.36. The zero-order valence-electron chi connectivity index (χ0n) is 20.6. The molecule has 0 atom stereocenters. The molecule has 0 spiro atoms. The first kappa shape index (κ1) is 26.8. The maximum absolute atomic E-state index is 13.8. The molecular weight excluding hydrogens is 470 g/mol. The molecule has 35 heavy (non-hydrogen) atoms. The first-order chi connectivity index (χ1) is 16.7. The Morgan fingerprint density at radius 3 is 2.26 bits per heavy atom. The molecule has 1 aliphatic carbocycles. The molecule has 1 amide bonds. The maximum atomic E-state index is 13.8. The summed E-state index contributed by atoms with van der Waals surface area (Å²) in [5.74, 6) is -0.664. The van der Waals surface area contributed by atoms with Gasteiger partial charge in [0, 0.05) is 20.1 Å². The number of ether oxygens (including phenoxy) is 3. The summed E-state index contributed by atoms with van der Waals surface area (Å²) in [4.78, 5) is 39.7. The predicted octanol–water partition coefficient (Wildman–Crippen LogP) is 5.26. The van der Waals surface area contributed by atoms with E-state index in [0.29, 0.717) is 21.6 Å². The van der Waals surface area contributed by atoms with Gasteiger partial charge in [0.1, 0.15) is 5.75 Å². The van der Waals surface area contributed by atoms with Crippen molar-refractivity contribution in [3.8, 4) is 10.8 Å². The summed E-state index contributed by atoms with van der Waals surface area (Å²) in [6.07, 6.45) is 3.46. The Kier molecular flexibility index (Phi) is 9.42. The van der Waals surface area contributed by atoms with Crippen molar-refractivity contribution >= 4 is 34.7 Å². The molecule has 1 heterocycles. The van der Waals surface area contributed by atoms with E-state index in [-0.39, 0.29) is 42.1 Å². The number of anilines is 1. The Morgan fingerprint density at radius 1 is 1.06 bits per heavy atom. The number of hydrogen-bond acceptors (Lipinski definition) is 7. The smallest absolute Gasteiger partial charge is 0.337 e. The average Bonchev–Trinajstić information content (AvgIpc) is 3.29. The number of amides is 1. The molecule has 8 nitrogen and oxygen atoms in total. The number of benzene rings is 1. The Morgan fingerprint density at radius 2 is 1.71 bits per heavy atom. The zero-order chi connectivity index (χ0) is 25.5. The van der Waals surface area contributed by atoms with E-state index in [1.165, 1.54) is 24.3 Å². The Bertz CT molecular complexity index is 1040. The molecule has 1 aliphatic rings. The summed E-state index contributed by atoms with van der Waals surface area (Å²) < 4.78 is 16.6. The van der Waals surface area contributed by atoms with Crippen molar-refractivity contribution in [1.82, 2.24) is 0 Å². The minimum atomic E-state index is -1.18. The second-order valence-corrected chi connectivity index (χ2v) is 10.0. The van der Waals surface area contributed by atoms with Crippen LogP contribution >= 0.6 is 11.3 Å². The molecule has 0 unspecified atom stereocenters. The van der Waals surface area contributed by atoms with Gasteiger partial charge in [0.05, 0.1) is 35.4 Å². The van der Waals surface area contributed by atoms with Crippen LogP contribution in [-0.2, 0) is 14.3 Å². The van der Waals surface area contributed by atoms with Gasteiger partial charge >= 0.3 is 5.97 Å². The lowest BCUT2D eigenvalue weighted by molar-refractivity contribution is -0.124. The van der Waals surface area contributed by atoms with Gasteiger partial charge < -0.3 is 24.2 Å². The summed E-state index contributed by atoms with van der Waals surface area (Å²) in [6, 6.07) is 7.49. The van der Waals surface area contributed by atoms with Gasteiger partial charge in [-0.3, -0.25) is 9.59 Å². The van der Waals surface area contributed by atoms with E-state index in [4.69, 9.17) is 14.2 Å². The lowest BCUT2D eigenvalue weighted by Crippen LogP contribution is -2.49. The van der Waals surface area contributed by atoms with Gasteiger partial charge in [-0.15, -0.1) is 0 Å². The van der Waals surface area contributed by atoms with Gasteiger partial charge in [0.2, 0.25) is 5.91 Å². The summed E-state index contributed by atoms with van der Waals surface area (Å²) in [7, 11) is 3.08. The molecule has 0 saturated heterocycles. The molecule has 1 N–H and O–H groups in total. The molecule has 2 aromatic rings. The number of aromatic carboxylic acids is 1. The molecule has 1 aromatic heterocycles. The van der Waals surface area contributed by atoms with E-state index < -0.39 is 12.0 Å². The van der Waals surface area contributed by atoms with Gasteiger partial charge in [0.25, 0.3) is 0 Å². The third-order valence-corrected chi connectivity index (χ3v) is 7.35. The second kappa shape index (κ2) is 12.3. The summed E-state index contributed by atoms with van der Waals surface area (Å²) >= 11 is 1.19. The number of methoxy groups -OCH3 is 2. The van der Waals surface area contributed by atoms with Crippen LogP contribution in [0.15, 0.2) is 30.3 Å². The monoisotopic (exact) mass is 503 g/mol. The molecule has 1 aromatic carbocycles. The number of hydrogen-bond donors (Lipinski definition) is 1. The van der Waals surface area contributed by atoms with Crippen molar-refractivity contribution in [2.24, 2.45) is 11.8 Å². The highest BCUT2D eigenvalue weighted by molar-refractivity contribution is 7.15. The van der Waals surface area contributed by atoms with E-state index in [1.54, 1.807) is 43.4 Å². The normalized spacial score (nSPS) is 17.9. The third-order valence-electron chi connectivity index (χ3n) is 6.29. The Hall–Kier alpha value is -2.75. The molecule has 190 valence electrons. The van der Waals surface area contributed by atoms with E-state index in [9.17, 15) is 19.5 Å². The standard InChI is InChI=1S/C26H33NO7S/c1-16-5-7-18(8-6-16)25(29)27(19(14-32-3)15-33-4)22-10-9-20(13-21(22)26(30)31)34-24-12-11-23(35-24)17(2)28/h9-13,16,18-19H,5-8,14-15H2,1-4H3,(H,30,31)/t16-,18-. The van der Waals surface area contributed by atoms with Gasteiger partial charge in [0.15, 0.2) is 10.8 Å². The van der Waals surface area contributed by atoms with Gasteiger partial charge in [-0.1, -0.05) is 18.3 Å². The van der Waals surface area contributed by atoms with E-state index in [1.807, 2.05) is 0 Å². The highest BCUT2D eigenvalue weighted by Gasteiger charge is 2.35. The van der Waals surface area contributed by atoms with Crippen LogP contribution in [0.2, 0.25) is 0 Å². The topological polar surface area (TPSA) is 102 Å². The molecule has 3 rings (SSSR count). The van der Waals surface area contributed by atoms with E-state index >= 15 is 0 Å². The number of nitrogens with zero attached hydrogens (tertiary/aromatic N) is 1. The molecule has 1 saturated carbocycles. The van der Waals surface area contributed by atoms with Crippen molar-refractivity contribution in [3.05, 3.63) is 40.8 Å². The first-order valence-electron chi connectivity index (χ1n) is 11.7. The number of rotatable bonds is 11. The summed E-state index contributed by atoms with van der Waals surface area (Å²) in [5.41, 5.74) is 0.226. The molecule has 0 aliphatic heterocycles. The number of Topliss-reactive ketones (excluding diaryl/α,β-unsaturated/α-hetero) is 1. The fraction of sp³-hybridized carbons (Fsp3) is 0.500. The summed E-state index contributed by atoms with van der Waals surface area (Å²) in [5, 5.41) is 10.5. The summed E-state index contributed by atoms with van der Waals surface area (Å²) in [6.45, 7) is 4.05. The number of carbonyl (C=O) groups is 3. The van der Waals surface area contributed by atoms with Crippen LogP contribution in [-0.4, -0.2) is 56.2 Å². The number of ketones is 1. The minimum absolute atomic E-state index is 0.0550. The lowest BCUT2D eigenvalue weighted by atomic mass is 9.82. The number of carbonyl (C=O) groups excluding carboxylic acids is 2. The van der Waals surface area contributed by atoms with Crippen LogP contribution in [0.4, 0.5) is 5.69 Å². The maximum Gasteiger partial charge on any atom is 0.337 e.